The smallest absolute Gasteiger partial charge is 0.267 e. The number of hydrogen-bond acceptors (Lipinski definition) is 8. The second-order valence-electron chi connectivity index (χ2n) is 7.19. The topological polar surface area (TPSA) is 97.9 Å². The summed E-state index contributed by atoms with van der Waals surface area (Å²) in [6.07, 6.45) is 5.11. The molecule has 5 rings (SSSR count). The Morgan fingerprint density at radius 1 is 0.967 bits per heavy atom. The van der Waals surface area contributed by atoms with Gasteiger partial charge in [-0.15, -0.1) is 0 Å². The van der Waals surface area contributed by atoms with Gasteiger partial charge < -0.3 is 9.80 Å². The van der Waals surface area contributed by atoms with Crippen LogP contribution in [0.15, 0.2) is 53.8 Å². The summed E-state index contributed by atoms with van der Waals surface area (Å²) in [5.74, 6) is 1.69. The summed E-state index contributed by atoms with van der Waals surface area (Å²) in [4.78, 5) is 29.8. The molecule has 0 radical (unpaired) electrons. The Morgan fingerprint density at radius 2 is 1.80 bits per heavy atom. The molecule has 0 atom stereocenters. The molecule has 10 nitrogen and oxygen atoms in total. The molecule has 1 aliphatic heterocycles. The maximum Gasteiger partial charge on any atom is 0.267 e. The van der Waals surface area contributed by atoms with Gasteiger partial charge in [-0.2, -0.15) is 10.2 Å². The van der Waals surface area contributed by atoms with E-state index in [0.29, 0.717) is 6.54 Å². The van der Waals surface area contributed by atoms with Gasteiger partial charge >= 0.3 is 0 Å². The molecule has 10 heteroatoms. The molecule has 0 unspecified atom stereocenters. The lowest BCUT2D eigenvalue weighted by atomic mass is 10.2. The van der Waals surface area contributed by atoms with Gasteiger partial charge in [-0.1, -0.05) is 6.07 Å². The van der Waals surface area contributed by atoms with Crippen molar-refractivity contribution < 1.29 is 0 Å². The van der Waals surface area contributed by atoms with Gasteiger partial charge in [0.15, 0.2) is 5.65 Å². The van der Waals surface area contributed by atoms with Crippen LogP contribution in [-0.2, 0) is 13.6 Å². The number of fused-ring (bicyclic) bond motifs is 1. The molecule has 0 saturated carbocycles. The number of rotatable bonds is 4. The van der Waals surface area contributed by atoms with Gasteiger partial charge in [-0.3, -0.25) is 14.5 Å². The molecule has 0 aliphatic carbocycles. The zero-order chi connectivity index (χ0) is 20.5. The van der Waals surface area contributed by atoms with E-state index in [0.717, 1.165) is 54.5 Å². The first-order chi connectivity index (χ1) is 14.7. The van der Waals surface area contributed by atoms with Gasteiger partial charge in [0.2, 0.25) is 0 Å². The highest BCUT2D eigenvalue weighted by Gasteiger charge is 2.22. The van der Waals surface area contributed by atoms with Crippen LogP contribution in [0, 0.1) is 0 Å². The largest absolute Gasteiger partial charge is 0.352 e. The van der Waals surface area contributed by atoms with E-state index in [1.807, 2.05) is 31.4 Å². The molecule has 0 aromatic carbocycles. The zero-order valence-electron chi connectivity index (χ0n) is 16.6. The summed E-state index contributed by atoms with van der Waals surface area (Å²) in [5.41, 5.74) is 1.49. The van der Waals surface area contributed by atoms with Crippen molar-refractivity contribution in [3.05, 3.63) is 65.1 Å². The Morgan fingerprint density at radius 3 is 2.60 bits per heavy atom. The third-order valence-electron chi connectivity index (χ3n) is 5.30. The lowest BCUT2D eigenvalue weighted by Gasteiger charge is -2.36. The van der Waals surface area contributed by atoms with E-state index < -0.39 is 0 Å². The van der Waals surface area contributed by atoms with E-state index in [4.69, 9.17) is 0 Å². The third kappa shape index (κ3) is 3.36. The maximum absolute atomic E-state index is 12.2. The minimum atomic E-state index is -0.136. The number of piperazine rings is 1. The minimum Gasteiger partial charge on any atom is -0.352 e. The van der Waals surface area contributed by atoms with Crippen molar-refractivity contribution in [3.63, 3.8) is 0 Å². The zero-order valence-corrected chi connectivity index (χ0v) is 16.6. The lowest BCUT2D eigenvalue weighted by molar-refractivity contribution is 0.595. The van der Waals surface area contributed by atoms with E-state index in [2.05, 4.69) is 34.9 Å². The predicted octanol–water partition coefficient (Wildman–Crippen LogP) is 0.690. The number of pyridine rings is 1. The molecule has 0 N–H and O–H groups in total. The van der Waals surface area contributed by atoms with Crippen molar-refractivity contribution in [3.8, 4) is 0 Å². The maximum atomic E-state index is 12.2. The molecule has 1 aliphatic rings. The lowest BCUT2D eigenvalue weighted by Crippen LogP contribution is -2.47. The Kier molecular flexibility index (Phi) is 4.58. The molecule has 4 aromatic heterocycles. The highest BCUT2D eigenvalue weighted by molar-refractivity contribution is 5.86. The van der Waals surface area contributed by atoms with Crippen molar-refractivity contribution >= 4 is 22.7 Å². The standard InChI is InChI=1S/C20H21N9O/c1-26-19-16(12-24-26)20(23-14-22-19)28-10-8-27(9-11-28)17-5-6-18(30)29(25-17)13-15-4-2-3-7-21-15/h2-7,12,14H,8-11,13H2,1H3. The first-order valence-electron chi connectivity index (χ1n) is 9.80. The molecule has 30 heavy (non-hydrogen) atoms. The summed E-state index contributed by atoms with van der Waals surface area (Å²) < 4.78 is 3.22. The van der Waals surface area contributed by atoms with Crippen LogP contribution in [0.2, 0.25) is 0 Å². The van der Waals surface area contributed by atoms with Gasteiger partial charge in [-0.05, 0) is 18.2 Å². The Balaban J connectivity index is 1.33. The van der Waals surface area contributed by atoms with Crippen LogP contribution >= 0.6 is 0 Å². The first kappa shape index (κ1) is 18.2. The highest BCUT2D eigenvalue weighted by Crippen LogP contribution is 2.24. The van der Waals surface area contributed by atoms with Crippen molar-refractivity contribution in [1.82, 2.24) is 34.5 Å². The monoisotopic (exact) mass is 403 g/mol. The Labute approximate surface area is 172 Å². The third-order valence-corrected chi connectivity index (χ3v) is 5.30. The average Bonchev–Trinajstić information content (AvgIpc) is 3.17. The Hall–Kier alpha value is -3.82. The van der Waals surface area contributed by atoms with Crippen molar-refractivity contribution in [2.45, 2.75) is 6.54 Å². The SMILES string of the molecule is Cn1ncc2c(N3CCN(c4ccc(=O)n(Cc5ccccn5)n4)CC3)ncnc21. The quantitative estimate of drug-likeness (QED) is 0.491. The molecule has 1 saturated heterocycles. The van der Waals surface area contributed by atoms with Crippen LogP contribution in [0.25, 0.3) is 11.0 Å². The van der Waals surface area contributed by atoms with Gasteiger partial charge in [0.05, 0.1) is 23.8 Å². The molecule has 0 spiro atoms. The number of aromatic nitrogens is 7. The molecule has 4 aromatic rings. The van der Waals surface area contributed by atoms with Gasteiger partial charge in [0.1, 0.15) is 18.0 Å². The number of aryl methyl sites for hydroxylation is 1. The first-order valence-corrected chi connectivity index (χ1v) is 9.80. The van der Waals surface area contributed by atoms with Crippen LogP contribution in [0.4, 0.5) is 11.6 Å². The van der Waals surface area contributed by atoms with E-state index >= 15 is 0 Å². The highest BCUT2D eigenvalue weighted by atomic mass is 16.1. The Bertz CT molecular complexity index is 1230. The minimum absolute atomic E-state index is 0.136. The van der Waals surface area contributed by atoms with Crippen LogP contribution in [0.5, 0.6) is 0 Å². The van der Waals surface area contributed by atoms with Crippen molar-refractivity contribution in [2.75, 3.05) is 36.0 Å². The number of anilines is 2. The van der Waals surface area contributed by atoms with Crippen molar-refractivity contribution in [1.29, 1.82) is 0 Å². The summed E-state index contributed by atoms with van der Waals surface area (Å²) in [5, 5.41) is 9.82. The van der Waals surface area contributed by atoms with Crippen LogP contribution < -0.4 is 15.4 Å². The normalized spacial score (nSPS) is 14.4. The molecule has 0 bridgehead atoms. The van der Waals surface area contributed by atoms with E-state index in [1.165, 1.54) is 4.68 Å². The number of hydrogen-bond donors (Lipinski definition) is 0. The van der Waals surface area contributed by atoms with Gasteiger partial charge in [0.25, 0.3) is 5.56 Å². The molecule has 0 amide bonds. The van der Waals surface area contributed by atoms with Crippen molar-refractivity contribution in [2.24, 2.45) is 7.05 Å². The second-order valence-corrected chi connectivity index (χ2v) is 7.19. The van der Waals surface area contributed by atoms with Gasteiger partial charge in [0, 0.05) is 45.5 Å². The molecule has 1 fully saturated rings. The van der Waals surface area contributed by atoms with Crippen LogP contribution in [0.3, 0.4) is 0 Å². The molecule has 5 heterocycles. The predicted molar refractivity (Wildman–Crippen MR) is 113 cm³/mol. The fourth-order valence-electron chi connectivity index (χ4n) is 3.71. The summed E-state index contributed by atoms with van der Waals surface area (Å²) in [6, 6.07) is 9.01. The van der Waals surface area contributed by atoms with Crippen LogP contribution in [-0.4, -0.2) is 60.7 Å². The van der Waals surface area contributed by atoms with Gasteiger partial charge in [-0.25, -0.2) is 14.6 Å². The number of nitrogens with zero attached hydrogens (tertiary/aromatic N) is 9. The average molecular weight is 403 g/mol. The summed E-state index contributed by atoms with van der Waals surface area (Å²) in [7, 11) is 1.88. The fourth-order valence-corrected chi connectivity index (χ4v) is 3.71. The molecule has 152 valence electrons. The molecular weight excluding hydrogens is 382 g/mol. The fraction of sp³-hybridized carbons (Fsp3) is 0.300. The summed E-state index contributed by atoms with van der Waals surface area (Å²) >= 11 is 0. The van der Waals surface area contributed by atoms with E-state index in [9.17, 15) is 4.79 Å². The van der Waals surface area contributed by atoms with Crippen LogP contribution in [0.1, 0.15) is 5.69 Å². The van der Waals surface area contributed by atoms with E-state index in [-0.39, 0.29) is 5.56 Å². The second kappa shape index (κ2) is 7.54. The molecular formula is C20H21N9O. The van der Waals surface area contributed by atoms with E-state index in [1.54, 1.807) is 29.3 Å². The summed E-state index contributed by atoms with van der Waals surface area (Å²) in [6.45, 7) is 3.50.